The van der Waals surface area contributed by atoms with Crippen LogP contribution in [0.25, 0.3) is 0 Å². The number of aromatic nitrogens is 2. The molecule has 7 heteroatoms. The summed E-state index contributed by atoms with van der Waals surface area (Å²) in [5, 5.41) is 7.01. The maximum atomic E-state index is 12.1. The lowest BCUT2D eigenvalue weighted by atomic mass is 9.94. The highest BCUT2D eigenvalue weighted by atomic mass is 32.2. The fourth-order valence-electron chi connectivity index (χ4n) is 2.39. The number of nitrogens with one attached hydrogen (secondary N) is 1. The first-order valence-electron chi connectivity index (χ1n) is 6.10. The number of piperidine rings is 1. The topological polar surface area (TPSA) is 69.3 Å². The third-order valence-electron chi connectivity index (χ3n) is 3.45. The molecule has 2 heterocycles. The number of aryl methyl sites for hydroxylation is 1. The molecule has 2 rings (SSSR count). The number of H-pyrrole nitrogens is 1. The van der Waals surface area contributed by atoms with Gasteiger partial charge in [0, 0.05) is 38.8 Å². The summed E-state index contributed by atoms with van der Waals surface area (Å²) >= 11 is 0. The molecular formula is C11H20N4O2S. The van der Waals surface area contributed by atoms with Crippen LogP contribution in [-0.4, -0.2) is 54.4 Å². The van der Waals surface area contributed by atoms with Crippen LogP contribution in [0.4, 0.5) is 0 Å². The third kappa shape index (κ3) is 2.43. The molecule has 0 aromatic carbocycles. The van der Waals surface area contributed by atoms with E-state index < -0.39 is 10.2 Å². The number of hydrogen-bond donors (Lipinski definition) is 1. The smallest absolute Gasteiger partial charge is 0.281 e. The Balaban J connectivity index is 2.18. The lowest BCUT2D eigenvalue weighted by Gasteiger charge is -2.33. The summed E-state index contributed by atoms with van der Waals surface area (Å²) in [5.74, 6) is 0.218. The van der Waals surface area contributed by atoms with Crippen molar-refractivity contribution in [3.63, 3.8) is 0 Å². The summed E-state index contributed by atoms with van der Waals surface area (Å²) in [4.78, 5) is 0. The highest BCUT2D eigenvalue weighted by Crippen LogP contribution is 2.29. The molecule has 1 aliphatic heterocycles. The summed E-state index contributed by atoms with van der Waals surface area (Å²) in [6.45, 7) is 3.13. The maximum absolute atomic E-state index is 12.1. The predicted octanol–water partition coefficient (Wildman–Crippen LogP) is 0.704. The Hall–Kier alpha value is -0.920. The minimum absolute atomic E-state index is 0.218. The molecule has 1 N–H and O–H groups in total. The SMILES string of the molecule is Cc1cn[nH]c1C1CCCN(S(=O)(=O)N(C)C)C1. The van der Waals surface area contributed by atoms with Crippen LogP contribution in [-0.2, 0) is 10.2 Å². The highest BCUT2D eigenvalue weighted by Gasteiger charge is 2.32. The summed E-state index contributed by atoms with van der Waals surface area (Å²) in [7, 11) is -0.165. The van der Waals surface area contributed by atoms with E-state index in [4.69, 9.17) is 0 Å². The first-order valence-corrected chi connectivity index (χ1v) is 7.50. The van der Waals surface area contributed by atoms with Gasteiger partial charge in [0.15, 0.2) is 0 Å². The van der Waals surface area contributed by atoms with Gasteiger partial charge in [-0.1, -0.05) is 0 Å². The number of aromatic amines is 1. The second-order valence-corrected chi connectivity index (χ2v) is 7.10. The van der Waals surface area contributed by atoms with Crippen molar-refractivity contribution in [2.45, 2.75) is 25.7 Å². The Bertz CT molecular complexity index is 509. The zero-order valence-corrected chi connectivity index (χ0v) is 11.9. The van der Waals surface area contributed by atoms with Gasteiger partial charge in [-0.3, -0.25) is 5.10 Å². The monoisotopic (exact) mass is 272 g/mol. The van der Waals surface area contributed by atoms with Crippen molar-refractivity contribution >= 4 is 10.2 Å². The van der Waals surface area contributed by atoms with Crippen molar-refractivity contribution < 1.29 is 8.42 Å². The highest BCUT2D eigenvalue weighted by molar-refractivity contribution is 7.86. The molecule has 0 saturated carbocycles. The zero-order chi connectivity index (χ0) is 13.3. The lowest BCUT2D eigenvalue weighted by Crippen LogP contribution is -2.45. The van der Waals surface area contributed by atoms with Crippen LogP contribution in [0.5, 0.6) is 0 Å². The van der Waals surface area contributed by atoms with E-state index in [-0.39, 0.29) is 5.92 Å². The van der Waals surface area contributed by atoms with Gasteiger partial charge in [-0.05, 0) is 25.3 Å². The van der Waals surface area contributed by atoms with E-state index in [9.17, 15) is 8.42 Å². The van der Waals surface area contributed by atoms with Gasteiger partial charge < -0.3 is 0 Å². The predicted molar refractivity (Wildman–Crippen MR) is 69.5 cm³/mol. The molecule has 1 aromatic rings. The number of nitrogens with zero attached hydrogens (tertiary/aromatic N) is 3. The average Bonchev–Trinajstić information content (AvgIpc) is 2.75. The van der Waals surface area contributed by atoms with Crippen molar-refractivity contribution in [2.24, 2.45) is 0 Å². The Labute approximate surface area is 108 Å². The fraction of sp³-hybridized carbons (Fsp3) is 0.727. The zero-order valence-electron chi connectivity index (χ0n) is 11.0. The van der Waals surface area contributed by atoms with Gasteiger partial charge in [0.25, 0.3) is 10.2 Å². The van der Waals surface area contributed by atoms with Crippen molar-refractivity contribution in [1.82, 2.24) is 18.8 Å². The van der Waals surface area contributed by atoms with E-state index in [1.807, 2.05) is 6.92 Å². The van der Waals surface area contributed by atoms with E-state index in [0.29, 0.717) is 13.1 Å². The molecule has 1 saturated heterocycles. The van der Waals surface area contributed by atoms with E-state index in [2.05, 4.69) is 10.2 Å². The number of hydrogen-bond acceptors (Lipinski definition) is 3. The van der Waals surface area contributed by atoms with E-state index >= 15 is 0 Å². The van der Waals surface area contributed by atoms with Crippen molar-refractivity contribution in [3.05, 3.63) is 17.5 Å². The van der Waals surface area contributed by atoms with Gasteiger partial charge in [-0.25, -0.2) is 0 Å². The van der Waals surface area contributed by atoms with E-state index in [1.165, 1.54) is 4.31 Å². The Morgan fingerprint density at radius 1 is 1.50 bits per heavy atom. The van der Waals surface area contributed by atoms with Crippen LogP contribution in [0.15, 0.2) is 6.20 Å². The van der Waals surface area contributed by atoms with Gasteiger partial charge in [0.2, 0.25) is 0 Å². The van der Waals surface area contributed by atoms with Crippen LogP contribution in [0.3, 0.4) is 0 Å². The molecule has 1 atom stereocenters. The van der Waals surface area contributed by atoms with Crippen molar-refractivity contribution in [3.8, 4) is 0 Å². The molecule has 0 bridgehead atoms. The molecule has 0 radical (unpaired) electrons. The molecule has 1 aromatic heterocycles. The van der Waals surface area contributed by atoms with Gasteiger partial charge in [0.05, 0.1) is 6.20 Å². The molecule has 1 fully saturated rings. The molecule has 0 amide bonds. The fourth-order valence-corrected chi connectivity index (χ4v) is 3.58. The molecule has 1 aliphatic rings. The van der Waals surface area contributed by atoms with Gasteiger partial charge >= 0.3 is 0 Å². The molecule has 18 heavy (non-hydrogen) atoms. The molecule has 6 nitrogen and oxygen atoms in total. The Morgan fingerprint density at radius 3 is 2.78 bits per heavy atom. The second kappa shape index (κ2) is 4.99. The first-order chi connectivity index (χ1) is 8.43. The first kappa shape index (κ1) is 13.5. The molecule has 0 aliphatic carbocycles. The molecule has 1 unspecified atom stereocenters. The van der Waals surface area contributed by atoms with Crippen LogP contribution in [0, 0.1) is 6.92 Å². The largest absolute Gasteiger partial charge is 0.282 e. The van der Waals surface area contributed by atoms with Crippen LogP contribution in [0.2, 0.25) is 0 Å². The Morgan fingerprint density at radius 2 is 2.22 bits per heavy atom. The summed E-state index contributed by atoms with van der Waals surface area (Å²) < 4.78 is 27.1. The van der Waals surface area contributed by atoms with E-state index in [0.717, 1.165) is 24.1 Å². The van der Waals surface area contributed by atoms with Gasteiger partial charge in [-0.15, -0.1) is 0 Å². The van der Waals surface area contributed by atoms with Gasteiger partial charge in [-0.2, -0.15) is 22.1 Å². The van der Waals surface area contributed by atoms with E-state index in [1.54, 1.807) is 24.6 Å². The average molecular weight is 272 g/mol. The van der Waals surface area contributed by atoms with Crippen molar-refractivity contribution in [2.75, 3.05) is 27.2 Å². The summed E-state index contributed by atoms with van der Waals surface area (Å²) in [6.07, 6.45) is 3.67. The van der Waals surface area contributed by atoms with Crippen molar-refractivity contribution in [1.29, 1.82) is 0 Å². The Kier molecular flexibility index (Phi) is 3.74. The minimum atomic E-state index is -3.30. The summed E-state index contributed by atoms with van der Waals surface area (Å²) in [6, 6.07) is 0. The lowest BCUT2D eigenvalue weighted by molar-refractivity contribution is 0.295. The number of rotatable bonds is 3. The minimum Gasteiger partial charge on any atom is -0.282 e. The molecular weight excluding hydrogens is 252 g/mol. The normalized spacial score (nSPS) is 22.6. The quantitative estimate of drug-likeness (QED) is 0.881. The van der Waals surface area contributed by atoms with Crippen LogP contribution < -0.4 is 0 Å². The summed E-state index contributed by atoms with van der Waals surface area (Å²) in [5.41, 5.74) is 2.16. The molecule has 0 spiro atoms. The standard InChI is InChI=1S/C11H20N4O2S/c1-9-7-12-13-11(9)10-5-4-6-15(8-10)18(16,17)14(2)3/h7,10H,4-6,8H2,1-3H3,(H,12,13). The van der Waals surface area contributed by atoms with Gasteiger partial charge in [0.1, 0.15) is 0 Å². The van der Waals surface area contributed by atoms with Crippen LogP contribution in [0.1, 0.15) is 30.0 Å². The second-order valence-electron chi connectivity index (χ2n) is 4.95. The maximum Gasteiger partial charge on any atom is 0.281 e. The van der Waals surface area contributed by atoms with Crippen LogP contribution >= 0.6 is 0 Å². The molecule has 102 valence electrons. The third-order valence-corrected chi connectivity index (χ3v) is 5.36.